The van der Waals surface area contributed by atoms with E-state index in [1.165, 1.54) is 30.5 Å². The van der Waals surface area contributed by atoms with Gasteiger partial charge in [-0.05, 0) is 19.1 Å². The van der Waals surface area contributed by atoms with Gasteiger partial charge in [-0.1, -0.05) is 35.1 Å². The van der Waals surface area contributed by atoms with E-state index in [0.717, 1.165) is 0 Å². The average Bonchev–Trinajstić information content (AvgIpc) is 3.10. The van der Waals surface area contributed by atoms with E-state index in [4.69, 9.17) is 25.8 Å². The number of likely N-dealkylation sites (N-methyl/N-ethyl adjacent to an activating group) is 1. The maximum atomic E-state index is 12.2. The van der Waals surface area contributed by atoms with E-state index < -0.39 is 6.29 Å². The standard InChI is InChI=1S/C16H21ClN4O4S/c1-10(25-12-8-6-5-7-11(12)17)14-19-20-15(26-14)18-16(22)21(2)9-13(23-3)24-4/h5-8,10,13H,9H2,1-4H3,(H,18,20,22). The van der Waals surface area contributed by atoms with E-state index in [9.17, 15) is 4.79 Å². The van der Waals surface area contributed by atoms with Crippen LogP contribution in [0, 0.1) is 0 Å². The van der Waals surface area contributed by atoms with Gasteiger partial charge < -0.3 is 19.1 Å². The van der Waals surface area contributed by atoms with Crippen LogP contribution in [-0.2, 0) is 9.47 Å². The van der Waals surface area contributed by atoms with Crippen LogP contribution < -0.4 is 10.1 Å². The van der Waals surface area contributed by atoms with Crippen LogP contribution in [0.15, 0.2) is 24.3 Å². The molecule has 0 aliphatic carbocycles. The fraction of sp³-hybridized carbons (Fsp3) is 0.438. The molecule has 0 aliphatic heterocycles. The van der Waals surface area contributed by atoms with Crippen LogP contribution in [0.2, 0.25) is 5.02 Å². The number of carbonyl (C=O) groups is 1. The van der Waals surface area contributed by atoms with Crippen molar-refractivity contribution in [2.45, 2.75) is 19.3 Å². The molecule has 1 heterocycles. The second kappa shape index (κ2) is 9.67. The van der Waals surface area contributed by atoms with Gasteiger partial charge in [-0.25, -0.2) is 4.79 Å². The van der Waals surface area contributed by atoms with Crippen molar-refractivity contribution in [1.29, 1.82) is 0 Å². The van der Waals surface area contributed by atoms with Gasteiger partial charge in [0, 0.05) is 21.3 Å². The number of nitrogens with zero attached hydrogens (tertiary/aromatic N) is 3. The summed E-state index contributed by atoms with van der Waals surface area (Å²) >= 11 is 7.32. The van der Waals surface area contributed by atoms with Crippen molar-refractivity contribution in [1.82, 2.24) is 15.1 Å². The molecule has 0 fully saturated rings. The Morgan fingerprint density at radius 2 is 2.00 bits per heavy atom. The van der Waals surface area contributed by atoms with Gasteiger partial charge in [0.05, 0.1) is 11.6 Å². The number of nitrogens with one attached hydrogen (secondary N) is 1. The summed E-state index contributed by atoms with van der Waals surface area (Å²) in [7, 11) is 4.65. The predicted octanol–water partition coefficient (Wildman–Crippen LogP) is 3.41. The quantitative estimate of drug-likeness (QED) is 0.683. The highest BCUT2D eigenvalue weighted by Gasteiger charge is 2.19. The number of rotatable bonds is 8. The highest BCUT2D eigenvalue weighted by atomic mass is 35.5. The molecule has 26 heavy (non-hydrogen) atoms. The number of carbonyl (C=O) groups excluding carboxylic acids is 1. The van der Waals surface area contributed by atoms with Crippen LogP contribution in [0.25, 0.3) is 0 Å². The minimum absolute atomic E-state index is 0.274. The summed E-state index contributed by atoms with van der Waals surface area (Å²) < 4.78 is 15.9. The lowest BCUT2D eigenvalue weighted by atomic mass is 10.3. The molecule has 2 rings (SSSR count). The lowest BCUT2D eigenvalue weighted by Crippen LogP contribution is -2.38. The maximum absolute atomic E-state index is 12.2. The summed E-state index contributed by atoms with van der Waals surface area (Å²) in [6.07, 6.45) is -0.859. The number of para-hydroxylation sites is 1. The molecule has 2 aromatic rings. The third-order valence-corrected chi connectivity index (χ3v) is 4.75. The number of amides is 2. The van der Waals surface area contributed by atoms with Crippen molar-refractivity contribution in [3.05, 3.63) is 34.3 Å². The number of halogens is 1. The van der Waals surface area contributed by atoms with Crippen molar-refractivity contribution in [2.24, 2.45) is 0 Å². The van der Waals surface area contributed by atoms with Crippen molar-refractivity contribution < 1.29 is 19.0 Å². The molecule has 0 saturated heterocycles. The van der Waals surface area contributed by atoms with Gasteiger partial charge in [0.1, 0.15) is 11.9 Å². The van der Waals surface area contributed by atoms with Crippen molar-refractivity contribution in [2.75, 3.05) is 33.1 Å². The maximum Gasteiger partial charge on any atom is 0.323 e. The molecular formula is C16H21ClN4O4S. The number of methoxy groups -OCH3 is 2. The number of hydrogen-bond acceptors (Lipinski definition) is 7. The first-order valence-electron chi connectivity index (χ1n) is 7.76. The second-order valence-corrected chi connectivity index (χ2v) is 6.76. The molecule has 2 amide bonds. The summed E-state index contributed by atoms with van der Waals surface area (Å²) in [5.74, 6) is 0.562. The van der Waals surface area contributed by atoms with Crippen LogP contribution >= 0.6 is 22.9 Å². The van der Waals surface area contributed by atoms with E-state index in [1.54, 1.807) is 19.2 Å². The summed E-state index contributed by atoms with van der Waals surface area (Å²) in [5.41, 5.74) is 0. The molecule has 8 nitrogen and oxygen atoms in total. The fourth-order valence-corrected chi connectivity index (χ4v) is 2.86. The molecule has 1 atom stereocenters. The molecule has 0 spiro atoms. The Morgan fingerprint density at radius 1 is 1.31 bits per heavy atom. The van der Waals surface area contributed by atoms with E-state index in [0.29, 0.717) is 20.9 Å². The molecule has 1 aromatic heterocycles. The molecule has 1 N–H and O–H groups in total. The summed E-state index contributed by atoms with van der Waals surface area (Å²) in [5, 5.41) is 12.2. The first-order valence-corrected chi connectivity index (χ1v) is 8.96. The van der Waals surface area contributed by atoms with E-state index in [-0.39, 0.29) is 18.7 Å². The number of hydrogen-bond donors (Lipinski definition) is 1. The first kappa shape index (κ1) is 20.4. The van der Waals surface area contributed by atoms with E-state index in [2.05, 4.69) is 15.5 Å². The predicted molar refractivity (Wildman–Crippen MR) is 99.9 cm³/mol. The first-order chi connectivity index (χ1) is 12.4. The summed E-state index contributed by atoms with van der Waals surface area (Å²) in [6, 6.07) is 6.85. The van der Waals surface area contributed by atoms with Gasteiger partial charge in [0.25, 0.3) is 0 Å². The zero-order chi connectivity index (χ0) is 19.1. The van der Waals surface area contributed by atoms with Crippen molar-refractivity contribution in [3.63, 3.8) is 0 Å². The van der Waals surface area contributed by atoms with Crippen LogP contribution in [0.3, 0.4) is 0 Å². The molecule has 0 bridgehead atoms. The van der Waals surface area contributed by atoms with Gasteiger partial charge >= 0.3 is 6.03 Å². The lowest BCUT2D eigenvalue weighted by Gasteiger charge is -2.21. The number of ether oxygens (including phenoxy) is 3. The molecule has 0 radical (unpaired) electrons. The minimum atomic E-state index is -0.500. The molecule has 1 aromatic carbocycles. The smallest absolute Gasteiger partial charge is 0.323 e. The lowest BCUT2D eigenvalue weighted by molar-refractivity contribution is -0.108. The Morgan fingerprint density at radius 3 is 2.65 bits per heavy atom. The highest BCUT2D eigenvalue weighted by Crippen LogP contribution is 2.30. The van der Waals surface area contributed by atoms with Gasteiger partial charge in [0.2, 0.25) is 5.13 Å². The third kappa shape index (κ3) is 5.53. The molecule has 1 unspecified atom stereocenters. The van der Waals surface area contributed by atoms with Crippen molar-refractivity contribution in [3.8, 4) is 5.75 Å². The molecule has 142 valence electrons. The van der Waals surface area contributed by atoms with Crippen LogP contribution in [-0.4, -0.2) is 55.2 Å². The van der Waals surface area contributed by atoms with Crippen LogP contribution in [0.1, 0.15) is 18.0 Å². The molecule has 0 aliphatic rings. The molecule has 0 saturated carbocycles. The Bertz CT molecular complexity index is 726. The minimum Gasteiger partial charge on any atom is -0.482 e. The topological polar surface area (TPSA) is 85.8 Å². The fourth-order valence-electron chi connectivity index (χ4n) is 1.97. The highest BCUT2D eigenvalue weighted by molar-refractivity contribution is 7.15. The zero-order valence-electron chi connectivity index (χ0n) is 14.9. The van der Waals surface area contributed by atoms with Gasteiger partial charge in [-0.15, -0.1) is 10.2 Å². The third-order valence-electron chi connectivity index (χ3n) is 3.44. The number of aromatic nitrogens is 2. The Balaban J connectivity index is 1.94. The Hall–Kier alpha value is -1.94. The Labute approximate surface area is 161 Å². The number of urea groups is 1. The monoisotopic (exact) mass is 400 g/mol. The van der Waals surface area contributed by atoms with Gasteiger partial charge in [-0.2, -0.15) is 0 Å². The molecular weight excluding hydrogens is 380 g/mol. The largest absolute Gasteiger partial charge is 0.482 e. The Kier molecular flexibility index (Phi) is 7.58. The van der Waals surface area contributed by atoms with Crippen LogP contribution in [0.5, 0.6) is 5.75 Å². The van der Waals surface area contributed by atoms with Crippen LogP contribution in [0.4, 0.5) is 9.93 Å². The number of benzene rings is 1. The van der Waals surface area contributed by atoms with Gasteiger partial charge in [-0.3, -0.25) is 5.32 Å². The summed E-state index contributed by atoms with van der Waals surface area (Å²) in [6.45, 7) is 2.11. The van der Waals surface area contributed by atoms with Gasteiger partial charge in [0.15, 0.2) is 11.3 Å². The van der Waals surface area contributed by atoms with E-state index in [1.807, 2.05) is 19.1 Å². The normalized spacial score (nSPS) is 12.1. The SMILES string of the molecule is COC(CN(C)C(=O)Nc1nnc(C(C)Oc2ccccc2Cl)s1)OC. The van der Waals surface area contributed by atoms with Crippen molar-refractivity contribution >= 4 is 34.1 Å². The van der Waals surface area contributed by atoms with E-state index >= 15 is 0 Å². The summed E-state index contributed by atoms with van der Waals surface area (Å²) in [4.78, 5) is 13.6. The second-order valence-electron chi connectivity index (χ2n) is 5.35. The zero-order valence-corrected chi connectivity index (χ0v) is 16.5. The number of anilines is 1. The average molecular weight is 401 g/mol. The molecule has 10 heteroatoms.